The highest BCUT2D eigenvalue weighted by Crippen LogP contribution is 2.36. The summed E-state index contributed by atoms with van der Waals surface area (Å²) in [5.41, 5.74) is 3.03. The second-order valence-corrected chi connectivity index (χ2v) is 8.04. The molecule has 1 aromatic carbocycles. The zero-order valence-electron chi connectivity index (χ0n) is 18.8. The van der Waals surface area contributed by atoms with E-state index in [0.29, 0.717) is 27.6 Å². The first-order valence-corrected chi connectivity index (χ1v) is 10.8. The first-order chi connectivity index (χ1) is 15.3. The van der Waals surface area contributed by atoms with E-state index in [1.807, 2.05) is 19.9 Å². The van der Waals surface area contributed by atoms with Gasteiger partial charge in [0.25, 0.3) is 0 Å². The topological polar surface area (TPSA) is 76.0 Å². The van der Waals surface area contributed by atoms with Crippen LogP contribution in [0, 0.1) is 13.8 Å². The lowest BCUT2D eigenvalue weighted by Gasteiger charge is -2.14. The predicted octanol–water partition coefficient (Wildman–Crippen LogP) is 4.39. The number of Topliss-reactive ketones (excluding diaryl/α,β-unsaturated/α-hetero) is 1. The largest absolute Gasteiger partial charge is 0.493 e. The van der Waals surface area contributed by atoms with Crippen LogP contribution in [0.15, 0.2) is 24.3 Å². The Hall–Kier alpha value is -2.77. The average Bonchev–Trinajstić information content (AvgIpc) is 3.39. The molecule has 1 aromatic heterocycles. The molecule has 0 saturated carbocycles. The fourth-order valence-corrected chi connectivity index (χ4v) is 4.11. The van der Waals surface area contributed by atoms with Crippen LogP contribution in [0.3, 0.4) is 0 Å². The third kappa shape index (κ3) is 5.53. The molecular weight excluding hydrogens is 434 g/mol. The predicted molar refractivity (Wildman–Crippen MR) is 122 cm³/mol. The lowest BCUT2D eigenvalue weighted by atomic mass is 10.1. The molecule has 0 radical (unpaired) electrons. The highest BCUT2D eigenvalue weighted by molar-refractivity contribution is 6.32. The van der Waals surface area contributed by atoms with Crippen LogP contribution in [-0.4, -0.2) is 49.9 Å². The van der Waals surface area contributed by atoms with Crippen LogP contribution in [0.1, 0.15) is 40.2 Å². The van der Waals surface area contributed by atoms with Crippen molar-refractivity contribution in [3.05, 3.63) is 51.8 Å². The molecule has 1 unspecified atom stereocenters. The van der Waals surface area contributed by atoms with Gasteiger partial charge < -0.3 is 23.5 Å². The van der Waals surface area contributed by atoms with Gasteiger partial charge in [0, 0.05) is 36.2 Å². The standard InChI is InChI=1S/C24H28ClNO6/c1-15-10-19(16(2)26(15)13-18-6-5-9-31-18)21(27)14-32-23(28)8-7-17-11-20(25)24(30-4)22(12-17)29-3/h7-8,10-12,18H,5-6,9,13-14H2,1-4H3. The normalized spacial score (nSPS) is 15.8. The minimum atomic E-state index is -0.627. The van der Waals surface area contributed by atoms with E-state index in [-0.39, 0.29) is 18.5 Å². The number of halogens is 1. The van der Waals surface area contributed by atoms with Crippen LogP contribution in [0.5, 0.6) is 11.5 Å². The number of carbonyl (C=O) groups is 2. The van der Waals surface area contributed by atoms with Gasteiger partial charge in [0.2, 0.25) is 5.78 Å². The number of rotatable bonds is 9. The number of benzene rings is 1. The highest BCUT2D eigenvalue weighted by Gasteiger charge is 2.21. The monoisotopic (exact) mass is 461 g/mol. The Labute approximate surface area is 192 Å². The van der Waals surface area contributed by atoms with Gasteiger partial charge >= 0.3 is 5.97 Å². The molecule has 0 N–H and O–H groups in total. The van der Waals surface area contributed by atoms with E-state index in [2.05, 4.69) is 4.57 Å². The molecular formula is C24H28ClNO6. The number of hydrogen-bond acceptors (Lipinski definition) is 6. The van der Waals surface area contributed by atoms with Crippen molar-refractivity contribution in [1.82, 2.24) is 4.57 Å². The molecule has 1 atom stereocenters. The molecule has 32 heavy (non-hydrogen) atoms. The van der Waals surface area contributed by atoms with Crippen molar-refractivity contribution in [2.24, 2.45) is 0 Å². The molecule has 7 nitrogen and oxygen atoms in total. The number of hydrogen-bond donors (Lipinski definition) is 0. The second-order valence-electron chi connectivity index (χ2n) is 7.63. The van der Waals surface area contributed by atoms with Crippen molar-refractivity contribution >= 4 is 29.4 Å². The lowest BCUT2D eigenvalue weighted by molar-refractivity contribution is -0.136. The van der Waals surface area contributed by atoms with E-state index >= 15 is 0 Å². The quantitative estimate of drug-likeness (QED) is 0.313. The van der Waals surface area contributed by atoms with Gasteiger partial charge in [-0.25, -0.2) is 4.79 Å². The Kier molecular flexibility index (Phi) is 7.99. The number of aryl methyl sites for hydroxylation is 1. The fraction of sp³-hybridized carbons (Fsp3) is 0.417. The Bertz CT molecular complexity index is 1020. The maximum absolute atomic E-state index is 12.7. The number of aromatic nitrogens is 1. The van der Waals surface area contributed by atoms with Crippen molar-refractivity contribution in [3.63, 3.8) is 0 Å². The van der Waals surface area contributed by atoms with Crippen molar-refractivity contribution in [2.45, 2.75) is 39.3 Å². The lowest BCUT2D eigenvalue weighted by Crippen LogP contribution is -2.18. The molecule has 3 rings (SSSR count). The van der Waals surface area contributed by atoms with Crippen molar-refractivity contribution in [2.75, 3.05) is 27.4 Å². The Morgan fingerprint density at radius 1 is 1.22 bits per heavy atom. The Morgan fingerprint density at radius 2 is 2.00 bits per heavy atom. The van der Waals surface area contributed by atoms with Crippen LogP contribution in [0.2, 0.25) is 5.02 Å². The number of methoxy groups -OCH3 is 2. The summed E-state index contributed by atoms with van der Waals surface area (Å²) in [5, 5.41) is 0.355. The fourth-order valence-electron chi connectivity index (χ4n) is 3.82. The molecule has 8 heteroatoms. The summed E-state index contributed by atoms with van der Waals surface area (Å²) in [4.78, 5) is 24.8. The summed E-state index contributed by atoms with van der Waals surface area (Å²) in [6.07, 6.45) is 5.04. The Balaban J connectivity index is 1.60. The van der Waals surface area contributed by atoms with Crippen LogP contribution < -0.4 is 9.47 Å². The van der Waals surface area contributed by atoms with E-state index < -0.39 is 5.97 Å². The minimum absolute atomic E-state index is 0.177. The highest BCUT2D eigenvalue weighted by atomic mass is 35.5. The van der Waals surface area contributed by atoms with Crippen molar-refractivity contribution in [3.8, 4) is 11.5 Å². The molecule has 0 amide bonds. The summed E-state index contributed by atoms with van der Waals surface area (Å²) in [7, 11) is 2.99. The molecule has 0 aliphatic carbocycles. The van der Waals surface area contributed by atoms with E-state index in [9.17, 15) is 9.59 Å². The molecule has 2 aromatic rings. The number of ether oxygens (including phenoxy) is 4. The van der Waals surface area contributed by atoms with E-state index in [1.165, 1.54) is 26.4 Å². The summed E-state index contributed by atoms with van der Waals surface area (Å²) in [5.74, 6) is -0.0110. The summed E-state index contributed by atoms with van der Waals surface area (Å²) >= 11 is 6.17. The number of ketones is 1. The van der Waals surface area contributed by atoms with Crippen LogP contribution in [-0.2, 0) is 20.8 Å². The molecule has 1 fully saturated rings. The van der Waals surface area contributed by atoms with Crippen LogP contribution >= 0.6 is 11.6 Å². The minimum Gasteiger partial charge on any atom is -0.493 e. The van der Waals surface area contributed by atoms with E-state index in [0.717, 1.165) is 37.4 Å². The van der Waals surface area contributed by atoms with Gasteiger partial charge in [-0.3, -0.25) is 4.79 Å². The average molecular weight is 462 g/mol. The molecule has 1 saturated heterocycles. The zero-order valence-corrected chi connectivity index (χ0v) is 19.5. The second kappa shape index (κ2) is 10.7. The zero-order chi connectivity index (χ0) is 23.3. The van der Waals surface area contributed by atoms with Gasteiger partial charge in [-0.1, -0.05) is 11.6 Å². The molecule has 0 bridgehead atoms. The molecule has 1 aliphatic rings. The summed E-state index contributed by atoms with van der Waals surface area (Å²) < 4.78 is 23.4. The number of esters is 1. The summed E-state index contributed by atoms with van der Waals surface area (Å²) in [6, 6.07) is 5.16. The molecule has 1 aliphatic heterocycles. The SMILES string of the molecule is COc1cc(C=CC(=O)OCC(=O)c2cc(C)n(CC3CCCO3)c2C)cc(Cl)c1OC. The van der Waals surface area contributed by atoms with Gasteiger partial charge in [0.1, 0.15) is 0 Å². The third-order valence-electron chi connectivity index (χ3n) is 5.50. The van der Waals surface area contributed by atoms with Gasteiger partial charge in [0.15, 0.2) is 18.1 Å². The van der Waals surface area contributed by atoms with Crippen molar-refractivity contribution in [1.29, 1.82) is 0 Å². The van der Waals surface area contributed by atoms with Gasteiger partial charge in [-0.2, -0.15) is 0 Å². The van der Waals surface area contributed by atoms with Crippen molar-refractivity contribution < 1.29 is 28.5 Å². The maximum atomic E-state index is 12.7. The summed E-state index contributed by atoms with van der Waals surface area (Å²) in [6.45, 7) is 5.04. The van der Waals surface area contributed by atoms with Crippen LogP contribution in [0.25, 0.3) is 6.08 Å². The molecule has 2 heterocycles. The van der Waals surface area contributed by atoms with E-state index in [1.54, 1.807) is 12.1 Å². The van der Waals surface area contributed by atoms with E-state index in [4.69, 9.17) is 30.5 Å². The Morgan fingerprint density at radius 3 is 2.66 bits per heavy atom. The van der Waals surface area contributed by atoms with Gasteiger partial charge in [-0.15, -0.1) is 0 Å². The molecule has 172 valence electrons. The molecule has 0 spiro atoms. The van der Waals surface area contributed by atoms with Gasteiger partial charge in [0.05, 0.1) is 25.3 Å². The first kappa shape index (κ1) is 23.9. The van der Waals surface area contributed by atoms with Gasteiger partial charge in [-0.05, 0) is 56.5 Å². The number of carbonyl (C=O) groups excluding carboxylic acids is 2. The third-order valence-corrected chi connectivity index (χ3v) is 5.78. The first-order valence-electron chi connectivity index (χ1n) is 10.4. The maximum Gasteiger partial charge on any atom is 0.331 e. The smallest absolute Gasteiger partial charge is 0.331 e. The van der Waals surface area contributed by atoms with Crippen LogP contribution in [0.4, 0.5) is 0 Å². The number of nitrogens with zero attached hydrogens (tertiary/aromatic N) is 1.